The van der Waals surface area contributed by atoms with Crippen molar-refractivity contribution in [2.75, 3.05) is 32.7 Å². The van der Waals surface area contributed by atoms with Crippen molar-refractivity contribution in [2.24, 2.45) is 5.92 Å². The lowest BCUT2D eigenvalue weighted by atomic mass is 10.0. The average Bonchev–Trinajstić information content (AvgIpc) is 3.44. The van der Waals surface area contributed by atoms with Gasteiger partial charge in [-0.3, -0.25) is 9.59 Å². The van der Waals surface area contributed by atoms with Crippen LogP contribution in [0.5, 0.6) is 0 Å². The molecule has 0 bridgehead atoms. The summed E-state index contributed by atoms with van der Waals surface area (Å²) in [5.74, 6) is 0.592. The zero-order valence-corrected chi connectivity index (χ0v) is 21.0. The molecule has 3 fully saturated rings. The van der Waals surface area contributed by atoms with Crippen LogP contribution in [0.15, 0.2) is 17.0 Å². The topological polar surface area (TPSA) is 78.0 Å². The van der Waals surface area contributed by atoms with Crippen LogP contribution in [-0.2, 0) is 19.6 Å². The molecule has 182 valence electrons. The van der Waals surface area contributed by atoms with Gasteiger partial charge in [0.25, 0.3) is 0 Å². The van der Waals surface area contributed by atoms with E-state index < -0.39 is 16.1 Å². The van der Waals surface area contributed by atoms with Gasteiger partial charge >= 0.3 is 0 Å². The first kappa shape index (κ1) is 24.2. The van der Waals surface area contributed by atoms with Gasteiger partial charge in [0.2, 0.25) is 21.8 Å². The molecule has 1 atom stereocenters. The predicted octanol–water partition coefficient (Wildman–Crippen LogP) is 3.02. The van der Waals surface area contributed by atoms with E-state index in [-0.39, 0.29) is 11.8 Å². The summed E-state index contributed by atoms with van der Waals surface area (Å²) in [6.07, 6.45) is 6.59. The smallest absolute Gasteiger partial charge is 0.244 e. The summed E-state index contributed by atoms with van der Waals surface area (Å²) in [5.41, 5.74) is 2.47. The van der Waals surface area contributed by atoms with E-state index in [1.165, 1.54) is 17.1 Å². The molecule has 2 aliphatic heterocycles. The fourth-order valence-corrected chi connectivity index (χ4v) is 8.01. The molecule has 0 spiro atoms. The summed E-state index contributed by atoms with van der Waals surface area (Å²) in [6, 6.07) is 3.11. The molecule has 4 rings (SSSR count). The molecule has 2 saturated heterocycles. The molecule has 1 aromatic carbocycles. The van der Waals surface area contributed by atoms with Crippen LogP contribution in [0.4, 0.5) is 0 Å². The van der Waals surface area contributed by atoms with Gasteiger partial charge in [-0.25, -0.2) is 8.42 Å². The number of piperazine rings is 1. The third-order valence-corrected chi connectivity index (χ3v) is 9.76. The van der Waals surface area contributed by atoms with Gasteiger partial charge in [0.05, 0.1) is 4.90 Å². The van der Waals surface area contributed by atoms with Gasteiger partial charge in [-0.15, -0.1) is 0 Å². The minimum atomic E-state index is -3.77. The van der Waals surface area contributed by atoms with Crippen molar-refractivity contribution in [3.8, 4) is 0 Å². The number of hydrogen-bond acceptors (Lipinski definition) is 4. The fourth-order valence-electron chi connectivity index (χ4n) is 5.94. The number of aryl methyl sites for hydroxylation is 3. The van der Waals surface area contributed by atoms with Crippen molar-refractivity contribution in [2.45, 2.75) is 76.7 Å². The monoisotopic (exact) mass is 475 g/mol. The van der Waals surface area contributed by atoms with Gasteiger partial charge in [-0.1, -0.05) is 30.5 Å². The molecule has 1 aliphatic carbocycles. The van der Waals surface area contributed by atoms with Crippen molar-refractivity contribution in [1.29, 1.82) is 0 Å². The van der Waals surface area contributed by atoms with Crippen molar-refractivity contribution < 1.29 is 18.0 Å². The van der Waals surface area contributed by atoms with Crippen LogP contribution in [0.2, 0.25) is 0 Å². The molecule has 3 aliphatic rings. The van der Waals surface area contributed by atoms with Crippen LogP contribution in [0.3, 0.4) is 0 Å². The standard InChI is InChI=1S/C25H37N3O4S/c1-18-15-19(2)24(20(3)16-18)33(31,32)28-10-6-9-22(28)25(30)27-13-11-26(12-14-27)23(29)17-21-7-4-5-8-21/h15-16,21-22H,4-14,17H2,1-3H3. The van der Waals surface area contributed by atoms with E-state index in [0.29, 0.717) is 62.8 Å². The lowest BCUT2D eigenvalue weighted by Crippen LogP contribution is -2.55. The molecule has 1 saturated carbocycles. The van der Waals surface area contributed by atoms with Crippen LogP contribution >= 0.6 is 0 Å². The van der Waals surface area contributed by atoms with Gasteiger partial charge in [0.15, 0.2) is 0 Å². The Labute approximate surface area is 198 Å². The van der Waals surface area contributed by atoms with E-state index in [1.807, 2.05) is 37.8 Å². The molecule has 2 heterocycles. The highest BCUT2D eigenvalue weighted by Crippen LogP contribution is 2.32. The highest BCUT2D eigenvalue weighted by Gasteiger charge is 2.42. The maximum atomic E-state index is 13.6. The molecular weight excluding hydrogens is 438 g/mol. The SMILES string of the molecule is Cc1cc(C)c(S(=O)(=O)N2CCCC2C(=O)N2CCN(C(=O)CC3CCCC3)CC2)c(C)c1. The number of nitrogens with zero attached hydrogens (tertiary/aromatic N) is 3. The molecule has 8 heteroatoms. The zero-order valence-electron chi connectivity index (χ0n) is 20.2. The quantitative estimate of drug-likeness (QED) is 0.656. The van der Waals surface area contributed by atoms with Gasteiger partial charge < -0.3 is 9.80 Å². The molecule has 0 aromatic heterocycles. The summed E-state index contributed by atoms with van der Waals surface area (Å²) in [6.45, 7) is 7.98. The van der Waals surface area contributed by atoms with Crippen molar-refractivity contribution in [3.63, 3.8) is 0 Å². The Balaban J connectivity index is 1.42. The number of hydrogen-bond donors (Lipinski definition) is 0. The first-order chi connectivity index (χ1) is 15.7. The predicted molar refractivity (Wildman–Crippen MR) is 127 cm³/mol. The number of carbonyl (C=O) groups is 2. The van der Waals surface area contributed by atoms with E-state index >= 15 is 0 Å². The second kappa shape index (κ2) is 9.74. The highest BCUT2D eigenvalue weighted by atomic mass is 32.2. The van der Waals surface area contributed by atoms with Crippen molar-refractivity contribution >= 4 is 21.8 Å². The molecule has 0 radical (unpaired) electrons. The highest BCUT2D eigenvalue weighted by molar-refractivity contribution is 7.89. The normalized spacial score (nSPS) is 22.8. The lowest BCUT2D eigenvalue weighted by Gasteiger charge is -2.37. The Kier molecular flexibility index (Phi) is 7.15. The van der Waals surface area contributed by atoms with Gasteiger partial charge in [0, 0.05) is 39.1 Å². The summed E-state index contributed by atoms with van der Waals surface area (Å²) >= 11 is 0. The lowest BCUT2D eigenvalue weighted by molar-refractivity contribution is -0.142. The summed E-state index contributed by atoms with van der Waals surface area (Å²) in [4.78, 5) is 30.0. The number of benzene rings is 1. The van der Waals surface area contributed by atoms with Gasteiger partial charge in [0.1, 0.15) is 6.04 Å². The summed E-state index contributed by atoms with van der Waals surface area (Å²) < 4.78 is 28.6. The molecule has 1 unspecified atom stereocenters. The Hall–Kier alpha value is -1.93. The number of carbonyl (C=O) groups excluding carboxylic acids is 2. The van der Waals surface area contributed by atoms with E-state index in [9.17, 15) is 18.0 Å². The Morgan fingerprint density at radius 2 is 1.42 bits per heavy atom. The van der Waals surface area contributed by atoms with Gasteiger partial charge in [-0.05, 0) is 63.5 Å². The Morgan fingerprint density at radius 3 is 2.03 bits per heavy atom. The Bertz CT molecular complexity index is 985. The maximum Gasteiger partial charge on any atom is 0.244 e. The number of amides is 2. The fraction of sp³-hybridized carbons (Fsp3) is 0.680. The second-order valence-electron chi connectivity index (χ2n) is 10.1. The van der Waals surface area contributed by atoms with Crippen molar-refractivity contribution in [3.05, 3.63) is 28.8 Å². The third-order valence-electron chi connectivity index (χ3n) is 7.54. The van der Waals surface area contributed by atoms with Crippen LogP contribution < -0.4 is 0 Å². The average molecular weight is 476 g/mol. The number of rotatable bonds is 5. The molecule has 2 amide bonds. The number of sulfonamides is 1. The van der Waals surface area contributed by atoms with E-state index in [2.05, 4.69) is 0 Å². The minimum Gasteiger partial charge on any atom is -0.339 e. The van der Waals surface area contributed by atoms with Crippen LogP contribution in [-0.4, -0.2) is 73.1 Å². The zero-order chi connectivity index (χ0) is 23.8. The molecule has 1 aromatic rings. The molecule has 0 N–H and O–H groups in total. The van der Waals surface area contributed by atoms with E-state index in [4.69, 9.17) is 0 Å². The molecule has 7 nitrogen and oxygen atoms in total. The van der Waals surface area contributed by atoms with Crippen LogP contribution in [0.1, 0.15) is 61.6 Å². The largest absolute Gasteiger partial charge is 0.339 e. The molecular formula is C25H37N3O4S. The maximum absolute atomic E-state index is 13.6. The first-order valence-corrected chi connectivity index (χ1v) is 13.8. The van der Waals surface area contributed by atoms with Crippen molar-refractivity contribution in [1.82, 2.24) is 14.1 Å². The Morgan fingerprint density at radius 1 is 0.848 bits per heavy atom. The summed E-state index contributed by atoms with van der Waals surface area (Å²) in [5, 5.41) is 0. The summed E-state index contributed by atoms with van der Waals surface area (Å²) in [7, 11) is -3.77. The van der Waals surface area contributed by atoms with E-state index in [1.54, 1.807) is 4.90 Å². The second-order valence-corrected chi connectivity index (χ2v) is 11.9. The van der Waals surface area contributed by atoms with E-state index in [0.717, 1.165) is 29.5 Å². The first-order valence-electron chi connectivity index (χ1n) is 12.3. The molecule has 33 heavy (non-hydrogen) atoms. The van der Waals surface area contributed by atoms with Crippen LogP contribution in [0.25, 0.3) is 0 Å². The van der Waals surface area contributed by atoms with Crippen LogP contribution in [0, 0.1) is 26.7 Å². The van der Waals surface area contributed by atoms with Gasteiger partial charge in [-0.2, -0.15) is 4.31 Å². The third kappa shape index (κ3) is 4.97. The minimum absolute atomic E-state index is 0.124.